The van der Waals surface area contributed by atoms with Gasteiger partial charge in [-0.05, 0) is 54.7 Å². The van der Waals surface area contributed by atoms with Gasteiger partial charge in [-0.1, -0.05) is 36.3 Å². The summed E-state index contributed by atoms with van der Waals surface area (Å²) in [6.07, 6.45) is 3.14. The Balaban J connectivity index is 1.49. The molecule has 1 aliphatic rings. The van der Waals surface area contributed by atoms with Gasteiger partial charge in [0.15, 0.2) is 0 Å². The summed E-state index contributed by atoms with van der Waals surface area (Å²) in [6.45, 7) is 2.96. The van der Waals surface area contributed by atoms with Gasteiger partial charge < -0.3 is 14.3 Å². The van der Waals surface area contributed by atoms with Crippen molar-refractivity contribution in [2.24, 2.45) is 11.1 Å². The van der Waals surface area contributed by atoms with Crippen LogP contribution in [-0.4, -0.2) is 19.4 Å². The van der Waals surface area contributed by atoms with Crippen LogP contribution in [0.25, 0.3) is 0 Å². The second kappa shape index (κ2) is 9.80. The molecule has 2 aromatic carbocycles. The van der Waals surface area contributed by atoms with Gasteiger partial charge in [-0.3, -0.25) is 0 Å². The zero-order valence-corrected chi connectivity index (χ0v) is 16.4. The summed E-state index contributed by atoms with van der Waals surface area (Å²) in [5.41, 5.74) is 3.06. The minimum atomic E-state index is -0.0593. The highest BCUT2D eigenvalue weighted by Crippen LogP contribution is 2.31. The van der Waals surface area contributed by atoms with Crippen LogP contribution in [0.15, 0.2) is 53.7 Å². The molecular formula is C23H26N2O3. The molecule has 0 N–H and O–H groups in total. The third-order valence-electron chi connectivity index (χ3n) is 4.82. The maximum Gasteiger partial charge on any atom is 0.130 e. The topological polar surface area (TPSA) is 63.8 Å². The van der Waals surface area contributed by atoms with Crippen molar-refractivity contribution >= 4 is 5.71 Å². The molecule has 1 atom stereocenters. The fourth-order valence-corrected chi connectivity index (χ4v) is 2.96. The Morgan fingerprint density at radius 1 is 1.07 bits per heavy atom. The Bertz CT molecular complexity index is 818. The van der Waals surface area contributed by atoms with E-state index >= 15 is 0 Å². The zero-order chi connectivity index (χ0) is 19.8. The third kappa shape index (κ3) is 5.50. The van der Waals surface area contributed by atoms with Crippen molar-refractivity contribution in [1.29, 1.82) is 5.26 Å². The van der Waals surface area contributed by atoms with Crippen molar-refractivity contribution < 1.29 is 14.3 Å². The molecular weight excluding hydrogens is 352 g/mol. The largest absolute Gasteiger partial charge is 0.489 e. The first-order chi connectivity index (χ1) is 13.7. The molecule has 0 amide bonds. The monoisotopic (exact) mass is 378 g/mol. The summed E-state index contributed by atoms with van der Waals surface area (Å²) in [6, 6.07) is 18.0. The van der Waals surface area contributed by atoms with Gasteiger partial charge in [0.2, 0.25) is 0 Å². The van der Waals surface area contributed by atoms with Crippen LogP contribution in [-0.2, 0) is 11.4 Å². The highest BCUT2D eigenvalue weighted by Gasteiger charge is 2.28. The van der Waals surface area contributed by atoms with Crippen LogP contribution in [0.5, 0.6) is 11.5 Å². The number of rotatable bonds is 10. The molecule has 5 nitrogen and oxygen atoms in total. The van der Waals surface area contributed by atoms with E-state index < -0.39 is 0 Å². The molecule has 0 aromatic heterocycles. The summed E-state index contributed by atoms with van der Waals surface area (Å²) in [4.78, 5) is 4.90. The van der Waals surface area contributed by atoms with Crippen molar-refractivity contribution in [3.05, 3.63) is 59.7 Å². The van der Waals surface area contributed by atoms with Gasteiger partial charge in [-0.2, -0.15) is 5.26 Å². The Morgan fingerprint density at radius 2 is 1.71 bits per heavy atom. The molecule has 146 valence electrons. The van der Waals surface area contributed by atoms with Crippen LogP contribution < -0.4 is 9.47 Å². The number of hydrogen-bond donors (Lipinski definition) is 0. The number of hydrogen-bond acceptors (Lipinski definition) is 5. The van der Waals surface area contributed by atoms with E-state index in [0.29, 0.717) is 19.1 Å². The lowest BCUT2D eigenvalue weighted by molar-refractivity contribution is 0.208. The summed E-state index contributed by atoms with van der Waals surface area (Å²) in [5, 5.41) is 13.2. The maximum absolute atomic E-state index is 9.14. The van der Waals surface area contributed by atoms with Crippen molar-refractivity contribution in [1.82, 2.24) is 0 Å². The summed E-state index contributed by atoms with van der Waals surface area (Å²) < 4.78 is 11.7. The molecule has 3 rings (SSSR count). The van der Waals surface area contributed by atoms with Gasteiger partial charge in [0.05, 0.1) is 17.7 Å². The minimum absolute atomic E-state index is 0.0593. The fourth-order valence-electron chi connectivity index (χ4n) is 2.96. The molecule has 28 heavy (non-hydrogen) atoms. The lowest BCUT2D eigenvalue weighted by Gasteiger charge is -2.11. The van der Waals surface area contributed by atoms with Crippen LogP contribution in [0.4, 0.5) is 0 Å². The number of oxime groups is 1. The maximum atomic E-state index is 9.14. The smallest absolute Gasteiger partial charge is 0.130 e. The average molecular weight is 378 g/mol. The van der Waals surface area contributed by atoms with Crippen LogP contribution in [0.1, 0.15) is 43.2 Å². The van der Waals surface area contributed by atoms with E-state index in [2.05, 4.69) is 11.2 Å². The molecule has 0 bridgehead atoms. The molecule has 1 aliphatic carbocycles. The Kier molecular flexibility index (Phi) is 6.91. The van der Waals surface area contributed by atoms with Crippen LogP contribution in [0, 0.1) is 17.2 Å². The van der Waals surface area contributed by atoms with Crippen molar-refractivity contribution in [3.8, 4) is 17.6 Å². The van der Waals surface area contributed by atoms with Gasteiger partial charge >= 0.3 is 0 Å². The van der Waals surface area contributed by atoms with Crippen molar-refractivity contribution in [2.75, 3.05) is 13.7 Å². The standard InChI is InChI=1S/C23H26N2O3/c1-3-18(14-24)19-8-12-22(13-9-19)27-15-17-4-10-21(11-5-17)28-16-23(25-26-2)20-6-7-20/h4-5,8-13,18,20H,3,6-7,15-16H2,1-2H3/b25-23-. The molecule has 0 spiro atoms. The number of nitriles is 1. The first-order valence-corrected chi connectivity index (χ1v) is 9.67. The van der Waals surface area contributed by atoms with Crippen LogP contribution in [0.2, 0.25) is 0 Å². The Hall–Kier alpha value is -3.00. The van der Waals surface area contributed by atoms with Gasteiger partial charge in [0.1, 0.15) is 31.8 Å². The Labute approximate surface area is 166 Å². The lowest BCUT2D eigenvalue weighted by atomic mass is 9.98. The van der Waals surface area contributed by atoms with Gasteiger partial charge in [0.25, 0.3) is 0 Å². The van der Waals surface area contributed by atoms with E-state index in [1.807, 2.05) is 55.5 Å². The molecule has 1 fully saturated rings. The van der Waals surface area contributed by atoms with Crippen molar-refractivity contribution in [2.45, 2.75) is 38.7 Å². The fraction of sp³-hybridized carbons (Fsp3) is 0.391. The quantitative estimate of drug-likeness (QED) is 0.427. The van der Waals surface area contributed by atoms with E-state index in [4.69, 9.17) is 19.6 Å². The van der Waals surface area contributed by atoms with Gasteiger partial charge in [0, 0.05) is 5.92 Å². The van der Waals surface area contributed by atoms with E-state index in [9.17, 15) is 0 Å². The van der Waals surface area contributed by atoms with E-state index in [1.54, 1.807) is 7.11 Å². The first-order valence-electron chi connectivity index (χ1n) is 9.67. The third-order valence-corrected chi connectivity index (χ3v) is 4.82. The molecule has 2 aromatic rings. The van der Waals surface area contributed by atoms with E-state index in [-0.39, 0.29) is 5.92 Å². The van der Waals surface area contributed by atoms with Gasteiger partial charge in [-0.15, -0.1) is 0 Å². The lowest BCUT2D eigenvalue weighted by Crippen LogP contribution is -2.14. The molecule has 5 heteroatoms. The SMILES string of the molecule is CCC(C#N)c1ccc(OCc2ccc(OC/C(=N/OC)C3CC3)cc2)cc1. The number of ether oxygens (including phenoxy) is 2. The second-order valence-electron chi connectivity index (χ2n) is 6.92. The normalized spacial score (nSPS) is 14.8. The number of nitrogens with zero attached hydrogens (tertiary/aromatic N) is 2. The molecule has 1 saturated carbocycles. The molecule has 1 unspecified atom stereocenters. The Morgan fingerprint density at radius 3 is 2.29 bits per heavy atom. The van der Waals surface area contributed by atoms with E-state index in [1.165, 1.54) is 12.8 Å². The number of benzene rings is 2. The highest BCUT2D eigenvalue weighted by molar-refractivity contribution is 5.89. The predicted molar refractivity (Wildman–Crippen MR) is 109 cm³/mol. The summed E-state index contributed by atoms with van der Waals surface area (Å²) in [5.74, 6) is 2.05. The average Bonchev–Trinajstić information content (AvgIpc) is 3.57. The molecule has 0 aliphatic heterocycles. The minimum Gasteiger partial charge on any atom is -0.489 e. The zero-order valence-electron chi connectivity index (χ0n) is 16.4. The molecule has 0 heterocycles. The van der Waals surface area contributed by atoms with Crippen LogP contribution >= 0.6 is 0 Å². The van der Waals surface area contributed by atoms with E-state index in [0.717, 1.165) is 34.8 Å². The van der Waals surface area contributed by atoms with Crippen molar-refractivity contribution in [3.63, 3.8) is 0 Å². The second-order valence-corrected chi connectivity index (χ2v) is 6.92. The molecule has 0 saturated heterocycles. The summed E-state index contributed by atoms with van der Waals surface area (Å²) in [7, 11) is 1.57. The van der Waals surface area contributed by atoms with Crippen LogP contribution in [0.3, 0.4) is 0 Å². The summed E-state index contributed by atoms with van der Waals surface area (Å²) >= 11 is 0. The highest BCUT2D eigenvalue weighted by atomic mass is 16.6. The van der Waals surface area contributed by atoms with Gasteiger partial charge in [-0.25, -0.2) is 0 Å². The predicted octanol–water partition coefficient (Wildman–Crippen LogP) is 5.07. The first kappa shape index (κ1) is 19.8. The molecule has 0 radical (unpaired) electrons.